The number of fused-ring (bicyclic) bond motifs is 4. The quantitative estimate of drug-likeness (QED) is 0.543. The van der Waals surface area contributed by atoms with Crippen molar-refractivity contribution >= 4 is 22.6 Å². The summed E-state index contributed by atoms with van der Waals surface area (Å²) in [5.41, 5.74) is 4.28. The minimum Gasteiger partial charge on any atom is -0.381 e. The molecule has 4 heterocycles. The van der Waals surface area contributed by atoms with Gasteiger partial charge < -0.3 is 14.6 Å². The Balaban J connectivity index is 1.41. The second-order valence-corrected chi connectivity index (χ2v) is 8.22. The van der Waals surface area contributed by atoms with Gasteiger partial charge in [-0.25, -0.2) is 0 Å². The lowest BCUT2D eigenvalue weighted by Gasteiger charge is -2.21. The normalized spacial score (nSPS) is 16.8. The Labute approximate surface area is 177 Å². The fourth-order valence-electron chi connectivity index (χ4n) is 4.70. The fraction of sp³-hybridized carbons (Fsp3) is 0.304. The largest absolute Gasteiger partial charge is 0.381 e. The molecule has 2 aliphatic rings. The van der Waals surface area contributed by atoms with Gasteiger partial charge in [-0.3, -0.25) is 14.0 Å². The van der Waals surface area contributed by atoms with E-state index in [9.17, 15) is 9.59 Å². The molecule has 1 N–H and O–H groups in total. The van der Waals surface area contributed by atoms with Gasteiger partial charge in [-0.15, -0.1) is 10.2 Å². The number of benzene rings is 2. The summed E-state index contributed by atoms with van der Waals surface area (Å²) >= 11 is 0. The molecule has 0 bridgehead atoms. The van der Waals surface area contributed by atoms with Crippen LogP contribution in [0, 0.1) is 0 Å². The van der Waals surface area contributed by atoms with Crippen molar-refractivity contribution in [2.45, 2.75) is 31.8 Å². The molecule has 0 radical (unpaired) electrons. The van der Waals surface area contributed by atoms with Crippen molar-refractivity contribution in [3.8, 4) is 0 Å². The number of nitrogens with zero attached hydrogens (tertiary/aromatic N) is 4. The van der Waals surface area contributed by atoms with Crippen LogP contribution < -0.4 is 5.56 Å². The summed E-state index contributed by atoms with van der Waals surface area (Å²) in [5, 5.41) is 8.48. The Morgan fingerprint density at radius 2 is 1.77 bits per heavy atom. The first-order valence-electron chi connectivity index (χ1n) is 10.5. The van der Waals surface area contributed by atoms with Crippen molar-refractivity contribution in [2.24, 2.45) is 0 Å². The summed E-state index contributed by atoms with van der Waals surface area (Å²) in [7, 11) is 0. The number of rotatable bonds is 2. The zero-order chi connectivity index (χ0) is 20.9. The van der Waals surface area contributed by atoms with Crippen LogP contribution in [0.15, 0.2) is 47.3 Å². The maximum atomic E-state index is 13.2. The van der Waals surface area contributed by atoms with Crippen molar-refractivity contribution in [3.05, 3.63) is 75.3 Å². The molecule has 2 aromatic carbocycles. The Morgan fingerprint density at radius 3 is 2.52 bits per heavy atom. The van der Waals surface area contributed by atoms with Gasteiger partial charge in [0.15, 0.2) is 0 Å². The van der Waals surface area contributed by atoms with Gasteiger partial charge >= 0.3 is 0 Å². The van der Waals surface area contributed by atoms with E-state index in [1.165, 1.54) is 11.1 Å². The Bertz CT molecular complexity index is 1360. The zero-order valence-electron chi connectivity index (χ0n) is 16.9. The second-order valence-electron chi connectivity index (χ2n) is 8.22. The molecule has 31 heavy (non-hydrogen) atoms. The van der Waals surface area contributed by atoms with E-state index in [0.29, 0.717) is 37.4 Å². The molecule has 6 rings (SSSR count). The molecule has 1 fully saturated rings. The van der Waals surface area contributed by atoms with E-state index in [1.54, 1.807) is 6.07 Å². The number of aromatic amines is 1. The average molecular weight is 415 g/mol. The zero-order valence-corrected chi connectivity index (χ0v) is 16.9. The Morgan fingerprint density at radius 1 is 1.03 bits per heavy atom. The molecule has 1 amide bonds. The third-order valence-corrected chi connectivity index (χ3v) is 6.34. The van der Waals surface area contributed by atoms with Crippen molar-refractivity contribution in [1.82, 2.24) is 24.5 Å². The van der Waals surface area contributed by atoms with E-state index in [1.807, 2.05) is 33.6 Å². The summed E-state index contributed by atoms with van der Waals surface area (Å²) in [6, 6.07) is 13.6. The van der Waals surface area contributed by atoms with Gasteiger partial charge in [-0.1, -0.05) is 24.3 Å². The highest BCUT2D eigenvalue weighted by Crippen LogP contribution is 2.28. The third-order valence-electron chi connectivity index (χ3n) is 6.34. The number of H-pyrrole nitrogens is 1. The number of hydrogen-bond donors (Lipinski definition) is 1. The second kappa shape index (κ2) is 7.02. The van der Waals surface area contributed by atoms with Gasteiger partial charge in [0.1, 0.15) is 5.82 Å². The fourth-order valence-corrected chi connectivity index (χ4v) is 4.70. The number of amides is 1. The number of hydrogen-bond acceptors (Lipinski definition) is 5. The molecule has 0 saturated carbocycles. The summed E-state index contributed by atoms with van der Waals surface area (Å²) in [4.78, 5) is 30.5. The van der Waals surface area contributed by atoms with Gasteiger partial charge in [0.2, 0.25) is 5.65 Å². The lowest BCUT2D eigenvalue weighted by atomic mass is 9.99. The van der Waals surface area contributed by atoms with Crippen LogP contribution in [0.3, 0.4) is 0 Å². The maximum Gasteiger partial charge on any atom is 0.294 e. The molecular formula is C23H21N5O3. The predicted octanol–water partition coefficient (Wildman–Crippen LogP) is 2.62. The molecule has 0 spiro atoms. The van der Waals surface area contributed by atoms with Crippen LogP contribution in [0.1, 0.15) is 46.1 Å². The lowest BCUT2D eigenvalue weighted by Crippen LogP contribution is -2.25. The van der Waals surface area contributed by atoms with Gasteiger partial charge in [-0.2, -0.15) is 0 Å². The Hall–Kier alpha value is -3.52. The van der Waals surface area contributed by atoms with Crippen molar-refractivity contribution in [1.29, 1.82) is 0 Å². The highest BCUT2D eigenvalue weighted by atomic mass is 16.5. The predicted molar refractivity (Wildman–Crippen MR) is 114 cm³/mol. The number of carbonyl (C=O) groups is 1. The minimum absolute atomic E-state index is 0.0487. The van der Waals surface area contributed by atoms with Gasteiger partial charge in [0.05, 0.1) is 11.0 Å². The first-order valence-corrected chi connectivity index (χ1v) is 10.5. The lowest BCUT2D eigenvalue weighted by molar-refractivity contribution is 0.0751. The molecule has 2 aliphatic heterocycles. The van der Waals surface area contributed by atoms with Crippen LogP contribution in [0.5, 0.6) is 0 Å². The highest BCUT2D eigenvalue weighted by Gasteiger charge is 2.26. The van der Waals surface area contributed by atoms with Crippen LogP contribution in [-0.4, -0.2) is 43.6 Å². The maximum absolute atomic E-state index is 13.2. The monoisotopic (exact) mass is 415 g/mol. The summed E-state index contributed by atoms with van der Waals surface area (Å²) in [6.07, 6.45) is 1.70. The first kappa shape index (κ1) is 18.3. The van der Waals surface area contributed by atoms with Crippen LogP contribution in [-0.2, 0) is 17.8 Å². The molecule has 8 nitrogen and oxygen atoms in total. The van der Waals surface area contributed by atoms with Crippen LogP contribution >= 0.6 is 0 Å². The van der Waals surface area contributed by atoms with Crippen LogP contribution in [0.2, 0.25) is 0 Å². The minimum atomic E-state index is -0.309. The van der Waals surface area contributed by atoms with E-state index in [-0.39, 0.29) is 23.0 Å². The molecule has 4 aromatic rings. The van der Waals surface area contributed by atoms with Crippen LogP contribution in [0.4, 0.5) is 0 Å². The van der Waals surface area contributed by atoms with E-state index in [2.05, 4.69) is 27.3 Å². The van der Waals surface area contributed by atoms with E-state index in [0.717, 1.165) is 24.2 Å². The molecular weight excluding hydrogens is 394 g/mol. The van der Waals surface area contributed by atoms with Gasteiger partial charge in [0.25, 0.3) is 11.5 Å². The van der Waals surface area contributed by atoms with E-state index < -0.39 is 0 Å². The average Bonchev–Trinajstić information content (AvgIpc) is 3.44. The van der Waals surface area contributed by atoms with Gasteiger partial charge in [0, 0.05) is 37.8 Å². The molecule has 2 aromatic heterocycles. The standard InChI is InChI=1S/C23H21N5O3/c29-22-21-26-25-20(14-7-9-31-10-8-14)28(21)19-6-5-15(11-18(19)24-22)23(30)27-12-16-3-1-2-4-17(16)13-27/h1-6,11,14H,7-10,12-13H2,(H,24,29). The van der Waals surface area contributed by atoms with Crippen LogP contribution in [0.25, 0.3) is 16.7 Å². The van der Waals surface area contributed by atoms with Crippen molar-refractivity contribution in [2.75, 3.05) is 13.2 Å². The summed E-state index contributed by atoms with van der Waals surface area (Å²) in [5.74, 6) is 0.925. The number of carbonyl (C=O) groups excluding carboxylic acids is 1. The van der Waals surface area contributed by atoms with Gasteiger partial charge in [-0.05, 0) is 42.2 Å². The number of nitrogens with one attached hydrogen (secondary N) is 1. The molecule has 1 saturated heterocycles. The van der Waals surface area contributed by atoms with E-state index in [4.69, 9.17) is 4.74 Å². The molecule has 0 unspecified atom stereocenters. The first-order chi connectivity index (χ1) is 15.2. The SMILES string of the molecule is O=C(c1ccc2c(c1)[nH]c(=O)c1nnc(C3CCOCC3)n12)N1Cc2ccccc2C1. The Kier molecular flexibility index (Phi) is 4.14. The molecule has 0 aliphatic carbocycles. The molecule has 0 atom stereocenters. The smallest absolute Gasteiger partial charge is 0.294 e. The number of aromatic nitrogens is 4. The number of ether oxygens (including phenoxy) is 1. The topological polar surface area (TPSA) is 92.6 Å². The van der Waals surface area contributed by atoms with Crippen molar-refractivity contribution in [3.63, 3.8) is 0 Å². The molecule has 8 heteroatoms. The molecule has 156 valence electrons. The summed E-state index contributed by atoms with van der Waals surface area (Å²) in [6.45, 7) is 2.55. The highest BCUT2D eigenvalue weighted by molar-refractivity contribution is 5.97. The summed E-state index contributed by atoms with van der Waals surface area (Å²) < 4.78 is 7.31. The van der Waals surface area contributed by atoms with Crippen molar-refractivity contribution < 1.29 is 9.53 Å². The third kappa shape index (κ3) is 2.94. The van der Waals surface area contributed by atoms with E-state index >= 15 is 0 Å².